The van der Waals surface area contributed by atoms with Crippen LogP contribution in [0.5, 0.6) is 0 Å². The number of carboxylic acid groups (broad SMARTS) is 4. The van der Waals surface area contributed by atoms with Gasteiger partial charge in [-0.2, -0.15) is 0 Å². The van der Waals surface area contributed by atoms with Crippen LogP contribution in [0.1, 0.15) is 151 Å². The molecule has 1 unspecified atom stereocenters. The number of allylic oxidation sites excluding steroid dienone is 6. The Balaban J connectivity index is 1.72. The van der Waals surface area contributed by atoms with Gasteiger partial charge in [0.05, 0.1) is 29.8 Å². The van der Waals surface area contributed by atoms with Gasteiger partial charge in [0.2, 0.25) is 29.4 Å². The van der Waals surface area contributed by atoms with Gasteiger partial charge in [0.25, 0.3) is 5.91 Å². The molecule has 110 heavy (non-hydrogen) atoms. The molecule has 0 aromatic heterocycles. The highest BCUT2D eigenvalue weighted by Crippen LogP contribution is 2.37. The molecule has 0 aromatic rings. The summed E-state index contributed by atoms with van der Waals surface area (Å²) >= 11 is 1.70. The molecule has 3 heterocycles. The fourth-order valence-electron chi connectivity index (χ4n) is 13.5. The van der Waals surface area contributed by atoms with Crippen LogP contribution in [0.15, 0.2) is 47.6 Å². The third-order valence-electron chi connectivity index (χ3n) is 19.9. The van der Waals surface area contributed by atoms with Crippen molar-refractivity contribution in [2.24, 2.45) is 47.0 Å². The van der Waals surface area contributed by atoms with Gasteiger partial charge in [0, 0.05) is 76.9 Å². The summed E-state index contributed by atoms with van der Waals surface area (Å²) in [5.74, 6) is -18.5. The number of Topliss-reactive ketones (excluding diaryl/α,β-unsaturated/α-hetero) is 3. The van der Waals surface area contributed by atoms with Gasteiger partial charge in [0.15, 0.2) is 18.0 Å². The van der Waals surface area contributed by atoms with Gasteiger partial charge < -0.3 is 91.2 Å². The number of rotatable bonds is 32. The van der Waals surface area contributed by atoms with E-state index < -0.39 is 217 Å². The summed E-state index contributed by atoms with van der Waals surface area (Å²) in [5, 5.41) is 46.0. The first-order valence-corrected chi connectivity index (χ1v) is 39.4. The first-order valence-electron chi connectivity index (χ1n) is 37.1. The number of nitrogens with two attached hydrogens (primary N) is 2. The second-order valence-corrected chi connectivity index (χ2v) is 30.9. The van der Waals surface area contributed by atoms with Crippen LogP contribution in [0.3, 0.4) is 0 Å². The van der Waals surface area contributed by atoms with Crippen molar-refractivity contribution >= 4 is 112 Å². The van der Waals surface area contributed by atoms with E-state index in [1.807, 2.05) is 51.2 Å². The van der Waals surface area contributed by atoms with E-state index in [4.69, 9.17) is 54.8 Å². The van der Waals surface area contributed by atoms with E-state index in [0.717, 1.165) is 29.1 Å². The number of amides is 5. The molecule has 4 aliphatic rings. The number of hydrogen-bond acceptors (Lipinski definition) is 26. The zero-order valence-electron chi connectivity index (χ0n) is 64.4. The number of cyclic esters (lactones) is 1. The average Bonchev–Trinajstić information content (AvgIpc) is 0.814. The van der Waals surface area contributed by atoms with Crippen LogP contribution in [0.2, 0.25) is 0 Å². The zero-order valence-corrected chi connectivity index (χ0v) is 66.0. The Hall–Kier alpha value is -7.93. The number of carbonyl (C=O) groups is 15. The number of methoxy groups -OCH3 is 3. The molecule has 35 heteroatoms. The molecule has 0 spiro atoms. The topological polar surface area (TPSA) is 505 Å². The number of nitrogens with one attached hydrogen (secondary N) is 4. The molecule has 3 fully saturated rings. The molecule has 19 atom stereocenters. The minimum atomic E-state index is -1.50. The maximum Gasteiger partial charge on any atom is 0.329 e. The van der Waals surface area contributed by atoms with Gasteiger partial charge in [-0.05, 0) is 126 Å². The lowest BCUT2D eigenvalue weighted by Crippen LogP contribution is -2.55. The summed E-state index contributed by atoms with van der Waals surface area (Å²) in [6, 6.07) is -6.77. The van der Waals surface area contributed by atoms with Crippen molar-refractivity contribution in [1.29, 1.82) is 0 Å². The molecule has 12 N–H and O–H groups in total. The smallest absolute Gasteiger partial charge is 0.329 e. The molecule has 3 aliphatic heterocycles. The minimum absolute atomic E-state index is 0.0432. The third-order valence-corrected chi connectivity index (χ3v) is 21.9. The number of piperidine rings is 1. The molecule has 5 amide bonds. The lowest BCUT2D eigenvalue weighted by Gasteiger charge is -2.39. The fourth-order valence-corrected chi connectivity index (χ4v) is 15.2. The Morgan fingerprint density at radius 2 is 1.25 bits per heavy atom. The van der Waals surface area contributed by atoms with Crippen molar-refractivity contribution in [3.05, 3.63) is 47.6 Å². The van der Waals surface area contributed by atoms with Crippen LogP contribution in [0.4, 0.5) is 0 Å². The predicted molar refractivity (Wildman–Crippen MR) is 401 cm³/mol. The number of esters is 3. The third kappa shape index (κ3) is 32.0. The molecular weight excluding hydrogens is 1480 g/mol. The lowest BCUT2D eigenvalue weighted by molar-refractivity contribution is -0.170. The molecule has 4 rings (SSSR count). The molecule has 0 aromatic carbocycles. The molecule has 1 saturated carbocycles. The number of carbonyl (C=O) groups excluding carboxylic acids is 11. The highest BCUT2D eigenvalue weighted by Gasteiger charge is 2.45. The summed E-state index contributed by atoms with van der Waals surface area (Å²) in [4.78, 5) is 200. The lowest BCUT2D eigenvalue weighted by atomic mass is 9.78. The number of fused-ring (bicyclic) bond motifs is 3. The second-order valence-electron chi connectivity index (χ2n) is 28.8. The molecule has 33 nitrogen and oxygen atoms in total. The number of carboxylic acids is 4. The van der Waals surface area contributed by atoms with Gasteiger partial charge in [0.1, 0.15) is 67.4 Å². The summed E-state index contributed by atoms with van der Waals surface area (Å²) < 4.78 is 42.6. The summed E-state index contributed by atoms with van der Waals surface area (Å²) in [7, 11) is 4.26. The largest absolute Gasteiger partial charge is 0.480 e. The Bertz CT molecular complexity index is 3330. The van der Waals surface area contributed by atoms with E-state index in [2.05, 4.69) is 21.3 Å². The van der Waals surface area contributed by atoms with Gasteiger partial charge in [-0.1, -0.05) is 71.1 Å². The predicted octanol–water partition coefficient (Wildman–Crippen LogP) is 3.18. The molecular formula is C75H113N7O26S2. The van der Waals surface area contributed by atoms with Crippen molar-refractivity contribution in [3.8, 4) is 0 Å². The number of ether oxygens (including phenoxy) is 7. The molecule has 2 bridgehead atoms. The zero-order chi connectivity index (χ0) is 82.1. The average molecular weight is 1590 g/mol. The molecule has 1 aliphatic carbocycles. The van der Waals surface area contributed by atoms with E-state index in [9.17, 15) is 77.3 Å². The van der Waals surface area contributed by atoms with Crippen LogP contribution in [0.25, 0.3) is 0 Å². The van der Waals surface area contributed by atoms with E-state index in [0.29, 0.717) is 57.8 Å². The van der Waals surface area contributed by atoms with E-state index in [1.165, 1.54) is 32.1 Å². The van der Waals surface area contributed by atoms with Crippen LogP contribution in [0, 0.1) is 35.5 Å². The van der Waals surface area contributed by atoms with Crippen molar-refractivity contribution in [2.75, 3.05) is 64.0 Å². The number of hydrogen-bond donors (Lipinski definition) is 10. The first-order chi connectivity index (χ1) is 52.0. The van der Waals surface area contributed by atoms with Gasteiger partial charge in [-0.3, -0.25) is 67.1 Å². The molecule has 0 radical (unpaired) electrons. The number of thioether (sulfide) groups is 2. The fraction of sp³-hybridized carbons (Fsp3) is 0.693. The van der Waals surface area contributed by atoms with Crippen molar-refractivity contribution in [1.82, 2.24) is 26.2 Å². The van der Waals surface area contributed by atoms with Crippen molar-refractivity contribution < 1.29 is 126 Å². The summed E-state index contributed by atoms with van der Waals surface area (Å²) in [6.07, 6.45) is 5.63. The quantitative estimate of drug-likeness (QED) is 0.0200. The maximum absolute atomic E-state index is 15.0. The normalized spacial score (nSPS) is 27.9. The monoisotopic (exact) mass is 1590 g/mol. The Kier molecular flexibility index (Phi) is 41.3. The van der Waals surface area contributed by atoms with E-state index in [-0.39, 0.29) is 79.2 Å². The number of aliphatic carboxylic acids is 4. The number of ketones is 3. The van der Waals surface area contributed by atoms with Gasteiger partial charge >= 0.3 is 41.8 Å². The standard InChI is InChI=1S/C75H113N7O26S2/c1-40-16-12-11-13-17-41(2)56(102-8)32-48-21-19-42(3)67(105-48)66(93)72(96)82-27-15-14-18-53(82)75(101)107-57(44(5)30-47-20-24-55(58(31-47)103-9)106-63(90)38-109-36-51(70(94)78-34-61(86)87)80-59(84)25-22-49(76)73(97)98)33-54(83)43(4)29-46(7)68(69(104-10)65(92)45(6)28-40)108-64(91)39-110-37-52(71(95)79-35-62(88)89)81-60(85)26-23-50(77)74(99)100/h11-13,16-17,29,40,42-45,47-53,55-58,67-69H,14-15,18-28,30-39,76-77H2,1-10H3,(H,78,94)(H,79,95)(H,80,84)(H,81,85)(H,86,87)(H,88,89)(H,97,98)(H,99,100)/b13-11?,16-12-,41-17?,46-29+/t40-,42+,43+,44+,45+,47-,48-,49-,50-,51-,52-,53-,55+,56-,57?,58+,67+,68+,69-/m0/s1. The molecule has 2 saturated heterocycles. The summed E-state index contributed by atoms with van der Waals surface area (Å²) in [6.45, 7) is 10.7. The highest BCUT2D eigenvalue weighted by atomic mass is 32.2. The Morgan fingerprint density at radius 3 is 1.79 bits per heavy atom. The van der Waals surface area contributed by atoms with E-state index >= 15 is 4.79 Å². The Morgan fingerprint density at radius 1 is 0.664 bits per heavy atom. The minimum Gasteiger partial charge on any atom is -0.480 e. The van der Waals surface area contributed by atoms with Gasteiger partial charge in [-0.15, -0.1) is 23.5 Å². The second kappa shape index (κ2) is 48.1. The van der Waals surface area contributed by atoms with Crippen LogP contribution in [-0.2, 0) is 105 Å². The van der Waals surface area contributed by atoms with Crippen molar-refractivity contribution in [2.45, 2.75) is 230 Å². The van der Waals surface area contributed by atoms with Crippen LogP contribution >= 0.6 is 23.5 Å². The highest BCUT2D eigenvalue weighted by molar-refractivity contribution is 8.00. The van der Waals surface area contributed by atoms with Gasteiger partial charge in [-0.25, -0.2) is 4.79 Å². The summed E-state index contributed by atoms with van der Waals surface area (Å²) in [5.41, 5.74) is 12.1. The van der Waals surface area contributed by atoms with E-state index in [1.54, 1.807) is 27.9 Å². The molecule has 616 valence electrons. The Labute approximate surface area is 649 Å². The number of nitrogens with zero attached hydrogens (tertiary/aromatic N) is 1. The SMILES string of the molecule is CO[C@H]1C[C@@H]2CC[C@@H](C)[C@@H](O2)C(=O)C(=O)N2CCCC[C@H]2C(=O)OC([C@H](C)C[C@@H]2CC[C@@H](OC(=O)CSC[C@H](NC(=O)CC[C@H](N)C(=O)O)C(=O)NCC(=O)O)[C@H](OC)C2)CC(=O)[C@H](C)/C=C(\C)[C@@H](OC(=O)CSC[C@H](NC(=O)CC[C@H](N)C(=O)O)C(=O)NCC(=O)O)[C@@H](OC)C(=O)[C@H](C)C[C@@H](C)/C=C\C=CC=C1C. The van der Waals surface area contributed by atoms with Crippen LogP contribution in [-0.4, -0.2) is 257 Å². The maximum atomic E-state index is 15.0. The van der Waals surface area contributed by atoms with Crippen molar-refractivity contribution in [3.63, 3.8) is 0 Å². The first kappa shape index (κ1) is 94.4. The van der Waals surface area contributed by atoms with Crippen LogP contribution < -0.4 is 32.7 Å².